The van der Waals surface area contributed by atoms with Crippen molar-refractivity contribution in [3.05, 3.63) is 36.5 Å². The van der Waals surface area contributed by atoms with E-state index in [9.17, 15) is 19.0 Å². The van der Waals surface area contributed by atoms with Crippen molar-refractivity contribution in [2.24, 2.45) is 0 Å². The van der Waals surface area contributed by atoms with E-state index in [1.54, 1.807) is 0 Å². The van der Waals surface area contributed by atoms with Gasteiger partial charge in [0.2, 0.25) is 0 Å². The first-order valence-electron chi connectivity index (χ1n) is 23.7. The van der Waals surface area contributed by atoms with Gasteiger partial charge in [0.1, 0.15) is 19.8 Å². The molecule has 58 heavy (non-hydrogen) atoms. The molecule has 2 unspecified atom stereocenters. The molecule has 0 saturated heterocycles. The molecule has 0 aliphatic rings. The largest absolute Gasteiger partial charge is 0.756 e. The van der Waals surface area contributed by atoms with Gasteiger partial charge in [-0.15, -0.1) is 0 Å². The second-order valence-electron chi connectivity index (χ2n) is 17.1. The topological polar surface area (TPSA) is 111 Å². The predicted molar refractivity (Wildman–Crippen MR) is 241 cm³/mol. The minimum absolute atomic E-state index is 0.0339. The van der Waals surface area contributed by atoms with Crippen LogP contribution in [-0.4, -0.2) is 70.0 Å². The lowest BCUT2D eigenvalue weighted by atomic mass is 10.1. The fourth-order valence-electron chi connectivity index (χ4n) is 6.39. The van der Waals surface area contributed by atoms with Crippen molar-refractivity contribution >= 4 is 19.8 Å². The van der Waals surface area contributed by atoms with Crippen LogP contribution in [0.25, 0.3) is 0 Å². The van der Waals surface area contributed by atoms with E-state index in [0.29, 0.717) is 17.4 Å². The number of esters is 2. The number of carbonyl (C=O) groups excluding carboxylic acids is 2. The fourth-order valence-corrected chi connectivity index (χ4v) is 7.11. The molecule has 2 atom stereocenters. The van der Waals surface area contributed by atoms with Crippen LogP contribution in [0.15, 0.2) is 36.5 Å². The van der Waals surface area contributed by atoms with Crippen molar-refractivity contribution in [2.45, 2.75) is 213 Å². The van der Waals surface area contributed by atoms with Gasteiger partial charge in [0.05, 0.1) is 27.7 Å². The quantitative estimate of drug-likeness (QED) is 0.0196. The molecule has 0 aromatic carbocycles. The molecular weight excluding hydrogens is 750 g/mol. The zero-order valence-corrected chi connectivity index (χ0v) is 39.1. The van der Waals surface area contributed by atoms with Gasteiger partial charge in [0, 0.05) is 12.8 Å². The number of rotatable bonds is 43. The number of allylic oxidation sites excluding steroid dienone is 6. The third-order valence-corrected chi connectivity index (χ3v) is 11.1. The van der Waals surface area contributed by atoms with Crippen molar-refractivity contribution < 1.29 is 42.1 Å². The number of likely N-dealkylation sites (N-methyl/N-ethyl adjacent to an activating group) is 1. The van der Waals surface area contributed by atoms with E-state index < -0.39 is 26.5 Å². The average molecular weight is 840 g/mol. The molecule has 0 aliphatic heterocycles. The molecule has 10 heteroatoms. The third kappa shape index (κ3) is 43.8. The van der Waals surface area contributed by atoms with E-state index >= 15 is 0 Å². The van der Waals surface area contributed by atoms with Gasteiger partial charge in [-0.1, -0.05) is 159 Å². The van der Waals surface area contributed by atoms with E-state index in [1.807, 2.05) is 21.1 Å². The molecule has 0 aromatic heterocycles. The highest BCUT2D eigenvalue weighted by Gasteiger charge is 2.21. The van der Waals surface area contributed by atoms with E-state index in [-0.39, 0.29) is 32.0 Å². The Morgan fingerprint density at radius 1 is 0.534 bits per heavy atom. The predicted octanol–water partition coefficient (Wildman–Crippen LogP) is 13.1. The summed E-state index contributed by atoms with van der Waals surface area (Å²) in [5.41, 5.74) is 0. The van der Waals surface area contributed by atoms with Crippen LogP contribution in [0.2, 0.25) is 0 Å². The van der Waals surface area contributed by atoms with Crippen molar-refractivity contribution in [1.29, 1.82) is 0 Å². The monoisotopic (exact) mass is 840 g/mol. The number of phosphoric ester groups is 1. The summed E-state index contributed by atoms with van der Waals surface area (Å²) in [6.45, 7) is 4.19. The molecule has 0 bridgehead atoms. The van der Waals surface area contributed by atoms with E-state index in [2.05, 4.69) is 50.3 Å². The Morgan fingerprint density at radius 2 is 0.931 bits per heavy atom. The Kier molecular flexibility index (Phi) is 39.4. The summed E-state index contributed by atoms with van der Waals surface area (Å²) in [5.74, 6) is -0.849. The van der Waals surface area contributed by atoms with Gasteiger partial charge in [0.25, 0.3) is 7.82 Å². The zero-order chi connectivity index (χ0) is 42.8. The SMILES string of the molecule is CCCCC/C=C\C/C=C\CCCCCCCC(=O)OC(COC(=O)CCCCCCCCCCC/C=C\CCCCCCCC)COP(=O)([O-])OCC[N+](C)(C)C. The van der Waals surface area contributed by atoms with Crippen LogP contribution in [0.5, 0.6) is 0 Å². The first kappa shape index (κ1) is 56.2. The maximum atomic E-state index is 12.7. The minimum Gasteiger partial charge on any atom is -0.756 e. The molecule has 0 rings (SSSR count). The lowest BCUT2D eigenvalue weighted by Gasteiger charge is -2.28. The standard InChI is InChI=1S/C48H90NO8P/c1-6-8-10-12-14-16-18-20-22-23-24-25-27-28-30-32-34-36-38-40-47(50)54-44-46(45-56-58(52,53)55-43-42-49(3,4)5)57-48(51)41-39-37-35-33-31-29-26-21-19-17-15-13-11-9-7-2/h15,17,20-22,26,46H,6-14,16,18-19,23-25,27-45H2,1-5H3/b17-15-,22-20-,26-21-. The lowest BCUT2D eigenvalue weighted by molar-refractivity contribution is -0.870. The van der Waals surface area contributed by atoms with Crippen molar-refractivity contribution in [3.8, 4) is 0 Å². The molecule has 0 amide bonds. The van der Waals surface area contributed by atoms with Crippen LogP contribution in [0.4, 0.5) is 0 Å². The first-order valence-corrected chi connectivity index (χ1v) is 25.2. The van der Waals surface area contributed by atoms with Crippen LogP contribution in [0, 0.1) is 0 Å². The van der Waals surface area contributed by atoms with Crippen LogP contribution in [0.3, 0.4) is 0 Å². The van der Waals surface area contributed by atoms with E-state index in [0.717, 1.165) is 57.8 Å². The second kappa shape index (κ2) is 40.6. The Hall–Kier alpha value is -1.77. The number of phosphoric acid groups is 1. The van der Waals surface area contributed by atoms with Gasteiger partial charge < -0.3 is 27.9 Å². The van der Waals surface area contributed by atoms with Crippen molar-refractivity contribution in [1.82, 2.24) is 0 Å². The molecule has 0 spiro atoms. The first-order chi connectivity index (χ1) is 28.0. The minimum atomic E-state index is -4.63. The van der Waals surface area contributed by atoms with Gasteiger partial charge in [-0.2, -0.15) is 0 Å². The Bertz CT molecular complexity index is 1090. The highest BCUT2D eigenvalue weighted by molar-refractivity contribution is 7.45. The Balaban J connectivity index is 4.31. The van der Waals surface area contributed by atoms with Gasteiger partial charge in [-0.25, -0.2) is 0 Å². The molecule has 0 aromatic rings. The zero-order valence-electron chi connectivity index (χ0n) is 38.2. The van der Waals surface area contributed by atoms with Crippen LogP contribution < -0.4 is 4.89 Å². The summed E-state index contributed by atoms with van der Waals surface area (Å²) < 4.78 is 33.9. The molecule has 0 heterocycles. The summed E-state index contributed by atoms with van der Waals surface area (Å²) >= 11 is 0. The molecule has 0 aliphatic carbocycles. The Morgan fingerprint density at radius 3 is 1.41 bits per heavy atom. The number of nitrogens with zero attached hydrogens (tertiary/aromatic N) is 1. The number of ether oxygens (including phenoxy) is 2. The molecule has 340 valence electrons. The van der Waals surface area contributed by atoms with Crippen LogP contribution in [0.1, 0.15) is 206 Å². The average Bonchev–Trinajstić information content (AvgIpc) is 3.17. The summed E-state index contributed by atoms with van der Waals surface area (Å²) in [6, 6.07) is 0. The third-order valence-electron chi connectivity index (χ3n) is 10.1. The molecule has 0 saturated carbocycles. The number of quaternary nitrogens is 1. The molecule has 0 N–H and O–H groups in total. The van der Waals surface area contributed by atoms with Gasteiger partial charge in [-0.05, 0) is 70.6 Å². The van der Waals surface area contributed by atoms with Gasteiger partial charge in [-0.3, -0.25) is 14.2 Å². The van der Waals surface area contributed by atoms with Crippen LogP contribution >= 0.6 is 7.82 Å². The van der Waals surface area contributed by atoms with E-state index in [1.165, 1.54) is 116 Å². The number of hydrogen-bond acceptors (Lipinski definition) is 8. The fraction of sp³-hybridized carbons (Fsp3) is 0.833. The van der Waals surface area contributed by atoms with Crippen LogP contribution in [-0.2, 0) is 32.7 Å². The summed E-state index contributed by atoms with van der Waals surface area (Å²) in [5, 5.41) is 0. The molecular formula is C48H90NO8P. The molecule has 9 nitrogen and oxygen atoms in total. The lowest BCUT2D eigenvalue weighted by Crippen LogP contribution is -2.37. The summed E-state index contributed by atoms with van der Waals surface area (Å²) in [6.07, 6.45) is 45.9. The second-order valence-corrected chi connectivity index (χ2v) is 18.5. The number of hydrogen-bond donors (Lipinski definition) is 0. The smallest absolute Gasteiger partial charge is 0.306 e. The molecule has 0 radical (unpaired) electrons. The summed E-state index contributed by atoms with van der Waals surface area (Å²) in [4.78, 5) is 37.6. The normalized spacial score (nSPS) is 13.8. The maximum Gasteiger partial charge on any atom is 0.306 e. The number of carbonyl (C=O) groups is 2. The summed E-state index contributed by atoms with van der Waals surface area (Å²) in [7, 11) is 1.16. The van der Waals surface area contributed by atoms with Crippen molar-refractivity contribution in [2.75, 3.05) is 47.5 Å². The maximum absolute atomic E-state index is 12.7. The Labute approximate surface area is 357 Å². The van der Waals surface area contributed by atoms with Crippen molar-refractivity contribution in [3.63, 3.8) is 0 Å². The van der Waals surface area contributed by atoms with Gasteiger partial charge in [0.15, 0.2) is 6.10 Å². The highest BCUT2D eigenvalue weighted by Crippen LogP contribution is 2.38. The highest BCUT2D eigenvalue weighted by atomic mass is 31.2. The van der Waals surface area contributed by atoms with Gasteiger partial charge >= 0.3 is 11.9 Å². The van der Waals surface area contributed by atoms with E-state index in [4.69, 9.17) is 18.5 Å². The number of unbranched alkanes of at least 4 members (excludes halogenated alkanes) is 23. The molecule has 0 fully saturated rings.